The lowest BCUT2D eigenvalue weighted by atomic mass is 10.1. The summed E-state index contributed by atoms with van der Waals surface area (Å²) in [6.07, 6.45) is 2.66. The molecule has 1 saturated heterocycles. The molecule has 190 valence electrons. The number of carbonyl (C=O) groups excluding carboxylic acids is 2. The molecule has 1 amide bonds. The molecule has 0 radical (unpaired) electrons. The van der Waals surface area contributed by atoms with Crippen molar-refractivity contribution in [2.45, 2.75) is 33.7 Å². The number of anilines is 1. The Morgan fingerprint density at radius 1 is 1.05 bits per heavy atom. The van der Waals surface area contributed by atoms with Gasteiger partial charge in [0.15, 0.2) is 11.0 Å². The smallest absolute Gasteiger partial charge is 0.268 e. The SMILES string of the molecule is CCNc1ccc(C(C)=O)cc1/N=C1/S/C(=C/NCCc2ccccc2C)C(=O)N1Cc1ccccc1. The summed E-state index contributed by atoms with van der Waals surface area (Å²) in [5.74, 6) is -0.122. The summed E-state index contributed by atoms with van der Waals surface area (Å²) >= 11 is 1.34. The fourth-order valence-electron chi connectivity index (χ4n) is 4.05. The lowest BCUT2D eigenvalue weighted by molar-refractivity contribution is -0.122. The number of aliphatic imine (C=N–C) groups is 1. The maximum atomic E-state index is 13.5. The highest BCUT2D eigenvalue weighted by Gasteiger charge is 2.33. The van der Waals surface area contributed by atoms with Gasteiger partial charge in [-0.3, -0.25) is 14.5 Å². The lowest BCUT2D eigenvalue weighted by Crippen LogP contribution is -2.28. The van der Waals surface area contributed by atoms with Gasteiger partial charge in [-0.25, -0.2) is 4.99 Å². The molecule has 0 aliphatic carbocycles. The molecule has 3 aromatic rings. The first-order valence-electron chi connectivity index (χ1n) is 12.5. The number of Topliss-reactive ketones (excluding diaryl/α,β-unsaturated/α-hetero) is 1. The summed E-state index contributed by atoms with van der Waals surface area (Å²) < 4.78 is 0. The molecule has 6 nitrogen and oxygen atoms in total. The Bertz CT molecular complexity index is 1330. The summed E-state index contributed by atoms with van der Waals surface area (Å²) in [6.45, 7) is 7.50. The predicted molar refractivity (Wildman–Crippen MR) is 153 cm³/mol. The van der Waals surface area contributed by atoms with E-state index >= 15 is 0 Å². The van der Waals surface area contributed by atoms with Gasteiger partial charge < -0.3 is 10.6 Å². The van der Waals surface area contributed by atoms with E-state index in [1.54, 1.807) is 23.2 Å². The minimum absolute atomic E-state index is 0.0285. The molecule has 2 N–H and O–H groups in total. The van der Waals surface area contributed by atoms with Crippen LogP contribution in [0.5, 0.6) is 0 Å². The van der Waals surface area contributed by atoms with E-state index < -0.39 is 0 Å². The highest BCUT2D eigenvalue weighted by molar-refractivity contribution is 8.18. The van der Waals surface area contributed by atoms with Gasteiger partial charge in [-0.05, 0) is 73.8 Å². The molecule has 1 aliphatic rings. The van der Waals surface area contributed by atoms with Crippen LogP contribution in [0.3, 0.4) is 0 Å². The molecule has 0 aromatic heterocycles. The minimum atomic E-state index is -0.0938. The van der Waals surface area contributed by atoms with Gasteiger partial charge in [0.25, 0.3) is 5.91 Å². The van der Waals surface area contributed by atoms with Crippen molar-refractivity contribution in [3.05, 3.63) is 106 Å². The van der Waals surface area contributed by atoms with Gasteiger partial charge in [-0.2, -0.15) is 0 Å². The van der Waals surface area contributed by atoms with Crippen LogP contribution in [-0.4, -0.2) is 34.8 Å². The van der Waals surface area contributed by atoms with Crippen molar-refractivity contribution in [2.24, 2.45) is 4.99 Å². The second-order valence-corrected chi connectivity index (χ2v) is 9.84. The summed E-state index contributed by atoms with van der Waals surface area (Å²) in [7, 11) is 0. The number of hydrogen-bond donors (Lipinski definition) is 2. The number of carbonyl (C=O) groups is 2. The fourth-order valence-corrected chi connectivity index (χ4v) is 4.98. The number of aryl methyl sites for hydroxylation is 1. The zero-order valence-corrected chi connectivity index (χ0v) is 22.3. The molecule has 0 bridgehead atoms. The topological polar surface area (TPSA) is 73.8 Å². The number of thioether (sulfide) groups is 1. The second kappa shape index (κ2) is 12.4. The molecule has 0 saturated carbocycles. The van der Waals surface area contributed by atoms with Gasteiger partial charge in [-0.1, -0.05) is 54.6 Å². The first-order chi connectivity index (χ1) is 18.0. The molecule has 7 heteroatoms. The van der Waals surface area contributed by atoms with Gasteiger partial charge in [0.05, 0.1) is 22.8 Å². The van der Waals surface area contributed by atoms with Crippen molar-refractivity contribution in [1.29, 1.82) is 0 Å². The minimum Gasteiger partial charge on any atom is -0.389 e. The summed E-state index contributed by atoms with van der Waals surface area (Å²) in [6, 6.07) is 23.6. The van der Waals surface area contributed by atoms with Crippen molar-refractivity contribution < 1.29 is 9.59 Å². The van der Waals surface area contributed by atoms with E-state index in [0.29, 0.717) is 34.4 Å². The third-order valence-electron chi connectivity index (χ3n) is 6.09. The Morgan fingerprint density at radius 2 is 1.81 bits per heavy atom. The third kappa shape index (κ3) is 6.68. The molecular formula is C30H32N4O2S. The van der Waals surface area contributed by atoms with Crippen molar-refractivity contribution in [2.75, 3.05) is 18.4 Å². The second-order valence-electron chi connectivity index (χ2n) is 8.83. The normalized spacial score (nSPS) is 15.4. The maximum absolute atomic E-state index is 13.5. The lowest BCUT2D eigenvalue weighted by Gasteiger charge is -2.16. The van der Waals surface area contributed by atoms with E-state index in [1.807, 2.05) is 55.5 Å². The van der Waals surface area contributed by atoms with E-state index in [4.69, 9.17) is 4.99 Å². The highest BCUT2D eigenvalue weighted by Crippen LogP contribution is 2.36. The van der Waals surface area contributed by atoms with Gasteiger partial charge in [-0.15, -0.1) is 0 Å². The van der Waals surface area contributed by atoms with Crippen LogP contribution < -0.4 is 10.6 Å². The number of nitrogens with one attached hydrogen (secondary N) is 2. The van der Waals surface area contributed by atoms with Crippen LogP contribution in [0.25, 0.3) is 0 Å². The Morgan fingerprint density at radius 3 is 2.54 bits per heavy atom. The average Bonchev–Trinajstić information content (AvgIpc) is 3.18. The number of hydrogen-bond acceptors (Lipinski definition) is 6. The van der Waals surface area contributed by atoms with Crippen LogP contribution in [0.2, 0.25) is 0 Å². The molecule has 0 unspecified atom stereocenters. The highest BCUT2D eigenvalue weighted by atomic mass is 32.2. The number of ketones is 1. The van der Waals surface area contributed by atoms with E-state index in [-0.39, 0.29) is 11.7 Å². The number of benzene rings is 3. The van der Waals surface area contributed by atoms with Crippen molar-refractivity contribution in [3.8, 4) is 0 Å². The molecule has 3 aromatic carbocycles. The summed E-state index contributed by atoms with van der Waals surface area (Å²) in [5.41, 5.74) is 5.60. The Labute approximate surface area is 222 Å². The van der Waals surface area contributed by atoms with Gasteiger partial charge in [0, 0.05) is 24.9 Å². The molecule has 1 aliphatic heterocycles. The van der Waals surface area contributed by atoms with Crippen LogP contribution in [0.4, 0.5) is 11.4 Å². The van der Waals surface area contributed by atoms with E-state index in [9.17, 15) is 9.59 Å². The van der Waals surface area contributed by atoms with Crippen LogP contribution >= 0.6 is 11.8 Å². The van der Waals surface area contributed by atoms with Crippen molar-refractivity contribution in [3.63, 3.8) is 0 Å². The van der Waals surface area contributed by atoms with Crippen LogP contribution in [0.15, 0.2) is 88.9 Å². The van der Waals surface area contributed by atoms with Gasteiger partial charge >= 0.3 is 0 Å². The Balaban J connectivity index is 1.61. The quantitative estimate of drug-likeness (QED) is 0.196. The number of rotatable bonds is 10. The van der Waals surface area contributed by atoms with E-state index in [1.165, 1.54) is 29.8 Å². The molecule has 0 spiro atoms. The van der Waals surface area contributed by atoms with Gasteiger partial charge in [0.1, 0.15) is 0 Å². The van der Waals surface area contributed by atoms with E-state index in [2.05, 4.69) is 29.7 Å². The monoisotopic (exact) mass is 512 g/mol. The first kappa shape index (κ1) is 26.2. The third-order valence-corrected chi connectivity index (χ3v) is 7.10. The standard InChI is InChI=1S/C30H32N4O2S/c1-4-32-26-15-14-25(22(3)35)18-27(26)33-30-34(20-23-11-6-5-7-12-23)29(36)28(37-30)19-31-17-16-24-13-9-8-10-21(24)2/h5-15,18-19,31-32H,4,16-17,20H2,1-3H3/b28-19+,33-30+. The first-order valence-corrected chi connectivity index (χ1v) is 13.3. The zero-order chi connectivity index (χ0) is 26.2. The molecule has 37 heavy (non-hydrogen) atoms. The zero-order valence-electron chi connectivity index (χ0n) is 21.5. The average molecular weight is 513 g/mol. The van der Waals surface area contributed by atoms with Crippen molar-refractivity contribution >= 4 is 40.0 Å². The number of nitrogens with zero attached hydrogens (tertiary/aromatic N) is 2. The number of amidine groups is 1. The van der Waals surface area contributed by atoms with Crippen LogP contribution in [0, 0.1) is 6.92 Å². The molecule has 4 rings (SSSR count). The van der Waals surface area contributed by atoms with Gasteiger partial charge in [0.2, 0.25) is 0 Å². The molecule has 1 fully saturated rings. The molecule has 1 heterocycles. The van der Waals surface area contributed by atoms with Crippen LogP contribution in [0.1, 0.15) is 40.9 Å². The molecule has 0 atom stereocenters. The maximum Gasteiger partial charge on any atom is 0.268 e. The van der Waals surface area contributed by atoms with E-state index in [0.717, 1.165) is 24.2 Å². The predicted octanol–water partition coefficient (Wildman–Crippen LogP) is 6.07. The summed E-state index contributed by atoms with van der Waals surface area (Å²) in [4.78, 5) is 32.7. The fraction of sp³-hybridized carbons (Fsp3) is 0.233. The Hall–Kier alpha value is -3.84. The van der Waals surface area contributed by atoms with Crippen LogP contribution in [-0.2, 0) is 17.8 Å². The number of amides is 1. The largest absolute Gasteiger partial charge is 0.389 e. The van der Waals surface area contributed by atoms with Crippen molar-refractivity contribution in [1.82, 2.24) is 10.2 Å². The molecular weight excluding hydrogens is 480 g/mol. The summed E-state index contributed by atoms with van der Waals surface area (Å²) in [5, 5.41) is 7.21. The Kier molecular flexibility index (Phi) is 8.80.